The highest BCUT2D eigenvalue weighted by Crippen LogP contribution is 2.38. The molecule has 5 rings (SSSR count). The zero-order valence-corrected chi connectivity index (χ0v) is 16.1. The molecule has 27 heavy (non-hydrogen) atoms. The van der Waals surface area contributed by atoms with Crippen LogP contribution in [0, 0.1) is 11.8 Å². The van der Waals surface area contributed by atoms with E-state index < -0.39 is 5.60 Å². The van der Waals surface area contributed by atoms with E-state index in [9.17, 15) is 9.90 Å². The zero-order valence-electron chi connectivity index (χ0n) is 16.1. The van der Waals surface area contributed by atoms with Gasteiger partial charge < -0.3 is 15.2 Å². The minimum absolute atomic E-state index is 0.0809. The lowest BCUT2D eigenvalue weighted by Crippen LogP contribution is -2.58. The summed E-state index contributed by atoms with van der Waals surface area (Å²) in [4.78, 5) is 14.9. The fourth-order valence-electron chi connectivity index (χ4n) is 5.07. The van der Waals surface area contributed by atoms with Crippen molar-refractivity contribution in [1.29, 1.82) is 0 Å². The number of ether oxygens (including phenoxy) is 1. The lowest BCUT2D eigenvalue weighted by Gasteiger charge is -2.49. The van der Waals surface area contributed by atoms with E-state index in [0.29, 0.717) is 30.8 Å². The molecule has 2 N–H and O–H groups in total. The van der Waals surface area contributed by atoms with Crippen LogP contribution in [0.5, 0.6) is 0 Å². The fourth-order valence-corrected chi connectivity index (χ4v) is 5.07. The van der Waals surface area contributed by atoms with Gasteiger partial charge in [0, 0.05) is 26.2 Å². The van der Waals surface area contributed by atoms with Crippen LogP contribution in [0.25, 0.3) is 0 Å². The third-order valence-electron chi connectivity index (χ3n) is 6.66. The van der Waals surface area contributed by atoms with E-state index in [1.165, 1.54) is 0 Å². The second kappa shape index (κ2) is 7.85. The average Bonchev–Trinajstić information content (AvgIpc) is 3.32. The summed E-state index contributed by atoms with van der Waals surface area (Å²) >= 11 is 0. The summed E-state index contributed by atoms with van der Waals surface area (Å²) in [5.74, 6) is 0.675. The standard InChI is InChI=1S/C19H31N5O3/c1-27-9-7-20-18(25)16-12-23-8-4-14(16)10-15(23)11-24-13-17(21-22-24)19(26)5-2-3-6-19/h13-16,26H,2-12H2,1H3,(H,20,25)/t14-,15+,16+/m0/s1. The van der Waals surface area contributed by atoms with Gasteiger partial charge in [0.15, 0.2) is 0 Å². The largest absolute Gasteiger partial charge is 0.383 e. The number of fused-ring (bicyclic) bond motifs is 3. The lowest BCUT2D eigenvalue weighted by molar-refractivity contribution is -0.133. The number of carbonyl (C=O) groups is 1. The van der Waals surface area contributed by atoms with Crippen LogP contribution in [0.1, 0.15) is 44.2 Å². The third-order valence-corrected chi connectivity index (χ3v) is 6.66. The lowest BCUT2D eigenvalue weighted by atomic mass is 9.75. The number of rotatable bonds is 7. The van der Waals surface area contributed by atoms with Gasteiger partial charge in [-0.15, -0.1) is 5.10 Å². The number of nitrogens with zero attached hydrogens (tertiary/aromatic N) is 4. The van der Waals surface area contributed by atoms with E-state index in [2.05, 4.69) is 20.5 Å². The number of hydrogen-bond donors (Lipinski definition) is 2. The summed E-state index contributed by atoms with van der Waals surface area (Å²) in [5, 5.41) is 22.2. The first-order valence-corrected chi connectivity index (χ1v) is 10.2. The summed E-state index contributed by atoms with van der Waals surface area (Å²) in [6, 6.07) is 0.388. The molecule has 1 saturated carbocycles. The molecule has 8 nitrogen and oxygen atoms in total. The Morgan fingerprint density at radius 3 is 2.96 bits per heavy atom. The SMILES string of the molecule is COCCNC(=O)[C@@H]1CN2CC[C@H]1C[C@@H]2Cn1cc(C2(O)CCCC2)nn1. The van der Waals surface area contributed by atoms with Crippen LogP contribution >= 0.6 is 0 Å². The van der Waals surface area contributed by atoms with E-state index in [1.807, 2.05) is 10.9 Å². The second-order valence-corrected chi connectivity index (χ2v) is 8.39. The maximum absolute atomic E-state index is 12.5. The molecular formula is C19H31N5O3. The van der Waals surface area contributed by atoms with Crippen molar-refractivity contribution in [2.24, 2.45) is 11.8 Å². The topological polar surface area (TPSA) is 92.5 Å². The van der Waals surface area contributed by atoms with Gasteiger partial charge in [0.25, 0.3) is 0 Å². The number of carbonyl (C=O) groups excluding carboxylic acids is 1. The Kier molecular flexibility index (Phi) is 5.48. The Morgan fingerprint density at radius 2 is 2.26 bits per heavy atom. The van der Waals surface area contributed by atoms with Crippen molar-refractivity contribution in [3.05, 3.63) is 11.9 Å². The Hall–Kier alpha value is -1.51. The van der Waals surface area contributed by atoms with Crippen LogP contribution in [0.2, 0.25) is 0 Å². The van der Waals surface area contributed by atoms with Crippen LogP contribution in [-0.4, -0.2) is 70.3 Å². The summed E-state index contributed by atoms with van der Waals surface area (Å²) in [6.07, 6.45) is 7.68. The predicted molar refractivity (Wildman–Crippen MR) is 98.8 cm³/mol. The molecule has 1 amide bonds. The van der Waals surface area contributed by atoms with E-state index >= 15 is 0 Å². The normalized spacial score (nSPS) is 31.9. The number of nitrogens with one attached hydrogen (secondary N) is 1. The molecular weight excluding hydrogens is 346 g/mol. The molecule has 1 aromatic rings. The Labute approximate surface area is 160 Å². The zero-order chi connectivity index (χ0) is 18.9. The van der Waals surface area contributed by atoms with Crippen molar-refractivity contribution in [1.82, 2.24) is 25.2 Å². The van der Waals surface area contributed by atoms with Gasteiger partial charge in [0.05, 0.1) is 25.3 Å². The molecule has 150 valence electrons. The van der Waals surface area contributed by atoms with Crippen molar-refractivity contribution in [2.75, 3.05) is 33.4 Å². The number of aliphatic hydroxyl groups is 1. The molecule has 8 heteroatoms. The van der Waals surface area contributed by atoms with Gasteiger partial charge in [0.2, 0.25) is 5.91 Å². The number of aromatic nitrogens is 3. The first kappa shape index (κ1) is 18.8. The molecule has 0 aromatic carbocycles. The molecule has 1 unspecified atom stereocenters. The van der Waals surface area contributed by atoms with Crippen LogP contribution in [0.3, 0.4) is 0 Å². The monoisotopic (exact) mass is 377 g/mol. The molecule has 1 aliphatic carbocycles. The smallest absolute Gasteiger partial charge is 0.224 e. The highest BCUT2D eigenvalue weighted by molar-refractivity contribution is 5.79. The summed E-state index contributed by atoms with van der Waals surface area (Å²) in [5.41, 5.74) is -0.0680. The molecule has 3 aliphatic heterocycles. The summed E-state index contributed by atoms with van der Waals surface area (Å²) < 4.78 is 6.89. The second-order valence-electron chi connectivity index (χ2n) is 8.39. The third kappa shape index (κ3) is 3.88. The summed E-state index contributed by atoms with van der Waals surface area (Å²) in [7, 11) is 1.64. The van der Waals surface area contributed by atoms with Crippen molar-refractivity contribution < 1.29 is 14.6 Å². The number of methoxy groups -OCH3 is 1. The van der Waals surface area contributed by atoms with Crippen molar-refractivity contribution in [3.8, 4) is 0 Å². The van der Waals surface area contributed by atoms with Gasteiger partial charge in [0.1, 0.15) is 11.3 Å². The number of piperidine rings is 3. The molecule has 0 radical (unpaired) electrons. The molecule has 4 aliphatic rings. The van der Waals surface area contributed by atoms with Gasteiger partial charge in [-0.2, -0.15) is 0 Å². The van der Waals surface area contributed by atoms with Crippen LogP contribution in [0.4, 0.5) is 0 Å². The first-order valence-electron chi connectivity index (χ1n) is 10.2. The Balaban J connectivity index is 1.34. The molecule has 0 spiro atoms. The molecule has 4 fully saturated rings. The van der Waals surface area contributed by atoms with Gasteiger partial charge in [-0.1, -0.05) is 18.1 Å². The Morgan fingerprint density at radius 1 is 1.44 bits per heavy atom. The van der Waals surface area contributed by atoms with Gasteiger partial charge in [-0.25, -0.2) is 0 Å². The van der Waals surface area contributed by atoms with Crippen molar-refractivity contribution in [2.45, 2.75) is 56.7 Å². The fraction of sp³-hybridized carbons (Fsp3) is 0.842. The van der Waals surface area contributed by atoms with Gasteiger partial charge >= 0.3 is 0 Å². The number of hydrogen-bond acceptors (Lipinski definition) is 6. The highest BCUT2D eigenvalue weighted by Gasteiger charge is 2.43. The van der Waals surface area contributed by atoms with Crippen molar-refractivity contribution in [3.63, 3.8) is 0 Å². The van der Waals surface area contributed by atoms with E-state index in [4.69, 9.17) is 4.74 Å². The average molecular weight is 377 g/mol. The molecule has 4 heterocycles. The van der Waals surface area contributed by atoms with E-state index in [1.54, 1.807) is 7.11 Å². The van der Waals surface area contributed by atoms with E-state index in [0.717, 1.165) is 58.2 Å². The maximum atomic E-state index is 12.5. The van der Waals surface area contributed by atoms with Crippen LogP contribution in [-0.2, 0) is 21.7 Å². The van der Waals surface area contributed by atoms with Crippen LogP contribution in [0.15, 0.2) is 6.20 Å². The minimum atomic E-state index is -0.782. The first-order chi connectivity index (χ1) is 13.1. The maximum Gasteiger partial charge on any atom is 0.224 e. The van der Waals surface area contributed by atoms with Crippen molar-refractivity contribution >= 4 is 5.91 Å². The molecule has 1 aromatic heterocycles. The van der Waals surface area contributed by atoms with Crippen LogP contribution < -0.4 is 5.32 Å². The Bertz CT molecular complexity index is 658. The van der Waals surface area contributed by atoms with Gasteiger partial charge in [-0.05, 0) is 38.1 Å². The quantitative estimate of drug-likeness (QED) is 0.673. The minimum Gasteiger partial charge on any atom is -0.383 e. The molecule has 4 atom stereocenters. The molecule has 2 bridgehead atoms. The molecule has 3 saturated heterocycles. The summed E-state index contributed by atoms with van der Waals surface area (Å²) in [6.45, 7) is 3.77. The predicted octanol–water partition coefficient (Wildman–Crippen LogP) is 0.513. The number of amides is 1. The van der Waals surface area contributed by atoms with Gasteiger partial charge in [-0.3, -0.25) is 14.4 Å². The highest BCUT2D eigenvalue weighted by atomic mass is 16.5. The van der Waals surface area contributed by atoms with E-state index in [-0.39, 0.29) is 11.8 Å².